The third-order valence-electron chi connectivity index (χ3n) is 3.46. The molecule has 2 N–H and O–H groups in total. The smallest absolute Gasteiger partial charge is 0.261 e. The minimum absolute atomic E-state index is 0.131. The molecule has 2 aromatic carbocycles. The molecule has 0 radical (unpaired) electrons. The number of hydrogen-bond acceptors (Lipinski definition) is 3. The van der Waals surface area contributed by atoms with Gasteiger partial charge < -0.3 is 10.6 Å². The van der Waals surface area contributed by atoms with E-state index in [-0.39, 0.29) is 17.6 Å². The molecule has 0 fully saturated rings. The van der Waals surface area contributed by atoms with E-state index in [0.717, 1.165) is 10.3 Å². The van der Waals surface area contributed by atoms with Crippen molar-refractivity contribution in [3.8, 4) is 0 Å². The lowest BCUT2D eigenvalue weighted by Gasteiger charge is -2.06. The van der Waals surface area contributed by atoms with Crippen molar-refractivity contribution in [3.63, 3.8) is 0 Å². The van der Waals surface area contributed by atoms with E-state index in [2.05, 4.69) is 10.6 Å². The Labute approximate surface area is 142 Å². The number of hydrogen-bond donors (Lipinski definition) is 2. The maximum absolute atomic E-state index is 13.7. The van der Waals surface area contributed by atoms with Gasteiger partial charge in [0.2, 0.25) is 5.91 Å². The van der Waals surface area contributed by atoms with Crippen LogP contribution in [0.15, 0.2) is 48.5 Å². The molecule has 1 heterocycles. The van der Waals surface area contributed by atoms with Crippen molar-refractivity contribution in [3.05, 3.63) is 64.8 Å². The lowest BCUT2D eigenvalue weighted by atomic mass is 10.2. The number of fused-ring (bicyclic) bond motifs is 1. The molecular formula is C18H15FN2O2S. The average molecular weight is 342 g/mol. The molecule has 1 aromatic heterocycles. The van der Waals surface area contributed by atoms with E-state index >= 15 is 0 Å². The van der Waals surface area contributed by atoms with Crippen molar-refractivity contribution in [1.82, 2.24) is 5.32 Å². The zero-order chi connectivity index (χ0) is 17.1. The summed E-state index contributed by atoms with van der Waals surface area (Å²) in [5, 5.41) is 5.97. The molecule has 24 heavy (non-hydrogen) atoms. The second-order valence-electron chi connectivity index (χ2n) is 5.32. The third-order valence-corrected chi connectivity index (χ3v) is 4.56. The van der Waals surface area contributed by atoms with Gasteiger partial charge in [-0.25, -0.2) is 4.39 Å². The summed E-state index contributed by atoms with van der Waals surface area (Å²) in [6.45, 7) is 1.80. The van der Waals surface area contributed by atoms with Gasteiger partial charge in [0.15, 0.2) is 0 Å². The Balaban J connectivity index is 1.66. The van der Waals surface area contributed by atoms with Gasteiger partial charge >= 0.3 is 0 Å². The maximum Gasteiger partial charge on any atom is 0.261 e. The Morgan fingerprint density at radius 3 is 2.54 bits per heavy atom. The van der Waals surface area contributed by atoms with Gasteiger partial charge in [-0.3, -0.25) is 9.59 Å². The minimum Gasteiger partial charge on any atom is -0.347 e. The van der Waals surface area contributed by atoms with Crippen molar-refractivity contribution in [2.75, 3.05) is 5.32 Å². The van der Waals surface area contributed by atoms with E-state index in [0.29, 0.717) is 22.5 Å². The number of carbonyl (C=O) groups is 2. The predicted molar refractivity (Wildman–Crippen MR) is 93.7 cm³/mol. The van der Waals surface area contributed by atoms with E-state index in [1.54, 1.807) is 30.3 Å². The number of carbonyl (C=O) groups excluding carboxylic acids is 2. The van der Waals surface area contributed by atoms with Crippen LogP contribution in [0.25, 0.3) is 10.1 Å². The third kappa shape index (κ3) is 3.60. The standard InChI is InChI=1S/C18H15FN2O2S/c1-11(22)21-13-7-5-12(6-8-13)10-20-18(23)17-9-14-15(19)3-2-4-16(14)24-17/h2-9H,10H2,1H3,(H,20,23)(H,21,22). The van der Waals surface area contributed by atoms with Gasteiger partial charge in [-0.05, 0) is 35.9 Å². The molecule has 0 bridgehead atoms. The molecule has 2 amide bonds. The lowest BCUT2D eigenvalue weighted by Crippen LogP contribution is -2.21. The number of amides is 2. The number of nitrogens with one attached hydrogen (secondary N) is 2. The van der Waals surface area contributed by atoms with Crippen molar-refractivity contribution >= 4 is 38.9 Å². The van der Waals surface area contributed by atoms with Crippen LogP contribution in [0.1, 0.15) is 22.2 Å². The first-order chi connectivity index (χ1) is 11.5. The number of benzene rings is 2. The molecule has 3 rings (SSSR count). The summed E-state index contributed by atoms with van der Waals surface area (Å²) >= 11 is 1.26. The van der Waals surface area contributed by atoms with Crippen LogP contribution < -0.4 is 10.6 Å². The maximum atomic E-state index is 13.7. The van der Waals surface area contributed by atoms with Gasteiger partial charge in [-0.15, -0.1) is 11.3 Å². The topological polar surface area (TPSA) is 58.2 Å². The molecule has 0 aliphatic carbocycles. The minimum atomic E-state index is -0.323. The number of rotatable bonds is 4. The molecule has 4 nitrogen and oxygen atoms in total. The first-order valence-electron chi connectivity index (χ1n) is 7.36. The Kier molecular flexibility index (Phi) is 4.57. The molecule has 122 valence electrons. The SMILES string of the molecule is CC(=O)Nc1ccc(CNC(=O)c2cc3c(F)cccc3s2)cc1. The quantitative estimate of drug-likeness (QED) is 0.755. The number of halogens is 1. The normalized spacial score (nSPS) is 10.6. The Bertz CT molecular complexity index is 903. The van der Waals surface area contributed by atoms with Crippen molar-refractivity contribution in [1.29, 1.82) is 0 Å². The second-order valence-corrected chi connectivity index (χ2v) is 6.41. The number of anilines is 1. The second kappa shape index (κ2) is 6.80. The van der Waals surface area contributed by atoms with E-state index in [1.165, 1.54) is 24.3 Å². The van der Waals surface area contributed by atoms with Gasteiger partial charge in [0.25, 0.3) is 5.91 Å². The fraction of sp³-hybridized carbons (Fsp3) is 0.111. The Hall–Kier alpha value is -2.73. The van der Waals surface area contributed by atoms with Crippen molar-refractivity contribution in [2.45, 2.75) is 13.5 Å². The predicted octanol–water partition coefficient (Wildman–Crippen LogP) is 3.93. The summed E-state index contributed by atoms with van der Waals surface area (Å²) in [5.74, 6) is -0.689. The van der Waals surface area contributed by atoms with Gasteiger partial charge in [0.1, 0.15) is 5.82 Å². The summed E-state index contributed by atoms with van der Waals surface area (Å²) in [5.41, 5.74) is 1.61. The largest absolute Gasteiger partial charge is 0.347 e. The summed E-state index contributed by atoms with van der Waals surface area (Å²) in [6, 6.07) is 13.6. The molecule has 3 aromatic rings. The van der Waals surface area contributed by atoms with E-state index in [9.17, 15) is 14.0 Å². The van der Waals surface area contributed by atoms with Gasteiger partial charge in [-0.1, -0.05) is 18.2 Å². The van der Waals surface area contributed by atoms with Crippen LogP contribution in [0.5, 0.6) is 0 Å². The Morgan fingerprint density at radius 2 is 1.88 bits per heavy atom. The van der Waals surface area contributed by atoms with Crippen molar-refractivity contribution < 1.29 is 14.0 Å². The van der Waals surface area contributed by atoms with Crippen LogP contribution in [-0.4, -0.2) is 11.8 Å². The fourth-order valence-corrected chi connectivity index (χ4v) is 3.31. The molecule has 0 aliphatic heterocycles. The molecule has 0 unspecified atom stereocenters. The van der Waals surface area contributed by atoms with Crippen LogP contribution >= 0.6 is 11.3 Å². The van der Waals surface area contributed by atoms with Crippen LogP contribution in [0.2, 0.25) is 0 Å². The number of thiophene rings is 1. The van der Waals surface area contributed by atoms with Crippen LogP contribution in [0, 0.1) is 5.82 Å². The fourth-order valence-electron chi connectivity index (χ4n) is 2.32. The summed E-state index contributed by atoms with van der Waals surface area (Å²) in [6.07, 6.45) is 0. The first-order valence-corrected chi connectivity index (χ1v) is 8.17. The summed E-state index contributed by atoms with van der Waals surface area (Å²) < 4.78 is 14.4. The molecule has 6 heteroatoms. The zero-order valence-electron chi connectivity index (χ0n) is 12.9. The van der Waals surface area contributed by atoms with E-state index < -0.39 is 0 Å². The molecule has 0 saturated heterocycles. The molecule has 0 atom stereocenters. The first kappa shape index (κ1) is 16.1. The van der Waals surface area contributed by atoms with Crippen LogP contribution in [0.3, 0.4) is 0 Å². The van der Waals surface area contributed by atoms with E-state index in [4.69, 9.17) is 0 Å². The average Bonchev–Trinajstić information content (AvgIpc) is 2.99. The van der Waals surface area contributed by atoms with Gasteiger partial charge in [0.05, 0.1) is 4.88 Å². The van der Waals surface area contributed by atoms with Crippen LogP contribution in [-0.2, 0) is 11.3 Å². The Morgan fingerprint density at radius 1 is 1.12 bits per heavy atom. The highest BCUT2D eigenvalue weighted by molar-refractivity contribution is 7.20. The molecule has 0 saturated carbocycles. The highest BCUT2D eigenvalue weighted by Crippen LogP contribution is 2.27. The summed E-state index contributed by atoms with van der Waals surface area (Å²) in [4.78, 5) is 23.7. The van der Waals surface area contributed by atoms with Gasteiger partial charge in [-0.2, -0.15) is 0 Å². The highest BCUT2D eigenvalue weighted by atomic mass is 32.1. The van der Waals surface area contributed by atoms with Crippen molar-refractivity contribution in [2.24, 2.45) is 0 Å². The highest BCUT2D eigenvalue weighted by Gasteiger charge is 2.12. The molecule has 0 spiro atoms. The summed E-state index contributed by atoms with van der Waals surface area (Å²) in [7, 11) is 0. The van der Waals surface area contributed by atoms with Crippen LogP contribution in [0.4, 0.5) is 10.1 Å². The monoisotopic (exact) mass is 342 g/mol. The lowest BCUT2D eigenvalue weighted by molar-refractivity contribution is -0.114. The molecule has 0 aliphatic rings. The van der Waals surface area contributed by atoms with E-state index in [1.807, 2.05) is 12.1 Å². The zero-order valence-corrected chi connectivity index (χ0v) is 13.7. The van der Waals surface area contributed by atoms with Gasteiger partial charge in [0, 0.05) is 29.2 Å². The molecular weight excluding hydrogens is 327 g/mol.